The molecule has 94 valence electrons. The lowest BCUT2D eigenvalue weighted by Crippen LogP contribution is -2.23. The fourth-order valence-electron chi connectivity index (χ4n) is 1.92. The quantitative estimate of drug-likeness (QED) is 0.813. The van der Waals surface area contributed by atoms with Crippen LogP contribution in [0, 0.1) is 0 Å². The summed E-state index contributed by atoms with van der Waals surface area (Å²) >= 11 is 11.7. The molecule has 2 aromatic rings. The predicted octanol–water partition coefficient (Wildman–Crippen LogP) is 2.73. The van der Waals surface area contributed by atoms with Crippen LogP contribution in [0.1, 0.15) is 24.4 Å². The van der Waals surface area contributed by atoms with Crippen molar-refractivity contribution in [3.8, 4) is 0 Å². The molecule has 1 aliphatic carbocycles. The Morgan fingerprint density at radius 2 is 2.06 bits per heavy atom. The molecule has 3 rings (SSSR count). The number of hydrogen-bond donors (Lipinski definition) is 0. The van der Waals surface area contributed by atoms with Crippen molar-refractivity contribution in [2.24, 2.45) is 0 Å². The van der Waals surface area contributed by atoms with Gasteiger partial charge in [-0.1, -0.05) is 29.3 Å². The van der Waals surface area contributed by atoms with Crippen LogP contribution >= 0.6 is 23.2 Å². The van der Waals surface area contributed by atoms with E-state index < -0.39 is 0 Å². The van der Waals surface area contributed by atoms with Gasteiger partial charge in [0, 0.05) is 24.0 Å². The second-order valence-corrected chi connectivity index (χ2v) is 5.18. The Morgan fingerprint density at radius 1 is 1.28 bits per heavy atom. The van der Waals surface area contributed by atoms with E-state index in [0.717, 1.165) is 18.4 Å². The number of pyridine rings is 1. The van der Waals surface area contributed by atoms with Crippen LogP contribution in [0.15, 0.2) is 29.3 Å². The molecule has 4 nitrogen and oxygen atoms in total. The third kappa shape index (κ3) is 2.18. The third-order valence-electron chi connectivity index (χ3n) is 3.05. The van der Waals surface area contributed by atoms with Crippen molar-refractivity contribution < 1.29 is 0 Å². The lowest BCUT2D eigenvalue weighted by atomic mass is 10.3. The molecule has 6 heteroatoms. The summed E-state index contributed by atoms with van der Waals surface area (Å²) in [4.78, 5) is 16.0. The minimum absolute atomic E-state index is 0.00326. The van der Waals surface area contributed by atoms with E-state index in [9.17, 15) is 4.79 Å². The summed E-state index contributed by atoms with van der Waals surface area (Å²) in [7, 11) is 0. The van der Waals surface area contributed by atoms with Gasteiger partial charge in [-0.2, -0.15) is 0 Å². The van der Waals surface area contributed by atoms with Gasteiger partial charge in [0.05, 0.1) is 6.54 Å². The van der Waals surface area contributed by atoms with Gasteiger partial charge >= 0.3 is 5.69 Å². The zero-order chi connectivity index (χ0) is 12.7. The van der Waals surface area contributed by atoms with E-state index in [1.807, 2.05) is 6.20 Å². The van der Waals surface area contributed by atoms with Gasteiger partial charge in [-0.25, -0.2) is 9.78 Å². The van der Waals surface area contributed by atoms with E-state index in [2.05, 4.69) is 4.98 Å². The molecule has 2 heterocycles. The molecule has 0 spiro atoms. The Labute approximate surface area is 114 Å². The highest BCUT2D eigenvalue weighted by Gasteiger charge is 2.25. The summed E-state index contributed by atoms with van der Waals surface area (Å²) in [5.41, 5.74) is 0.792. The molecule has 0 saturated heterocycles. The molecule has 0 radical (unpaired) electrons. The molecule has 0 atom stereocenters. The number of nitrogens with zero attached hydrogens (tertiary/aromatic N) is 3. The Kier molecular flexibility index (Phi) is 2.92. The van der Waals surface area contributed by atoms with Gasteiger partial charge in [0.15, 0.2) is 0 Å². The molecule has 18 heavy (non-hydrogen) atoms. The molecule has 1 aliphatic rings. The van der Waals surface area contributed by atoms with Gasteiger partial charge in [-0.3, -0.25) is 9.13 Å². The second kappa shape index (κ2) is 4.44. The average molecular weight is 284 g/mol. The van der Waals surface area contributed by atoms with Crippen LogP contribution in [0.2, 0.25) is 10.3 Å². The Balaban J connectivity index is 1.90. The number of hydrogen-bond acceptors (Lipinski definition) is 2. The maximum absolute atomic E-state index is 12.1. The minimum atomic E-state index is 0.00326. The van der Waals surface area contributed by atoms with Crippen LogP contribution in [0.25, 0.3) is 0 Å². The minimum Gasteiger partial charge on any atom is -0.296 e. The molecule has 0 unspecified atom stereocenters. The SMILES string of the molecule is O=c1n(Cc2ccc(Cl)nc2Cl)ccn1C1CC1. The van der Waals surface area contributed by atoms with Crippen LogP contribution in [-0.2, 0) is 6.54 Å². The lowest BCUT2D eigenvalue weighted by Gasteiger charge is -2.04. The van der Waals surface area contributed by atoms with E-state index in [0.29, 0.717) is 22.9 Å². The number of rotatable bonds is 3. The Morgan fingerprint density at radius 3 is 2.72 bits per heavy atom. The van der Waals surface area contributed by atoms with Crippen molar-refractivity contribution >= 4 is 23.2 Å². The fraction of sp³-hybridized carbons (Fsp3) is 0.333. The van der Waals surface area contributed by atoms with E-state index >= 15 is 0 Å². The molecule has 0 aromatic carbocycles. The van der Waals surface area contributed by atoms with Crippen LogP contribution in [-0.4, -0.2) is 14.1 Å². The fourth-order valence-corrected chi connectivity index (χ4v) is 2.33. The first-order valence-electron chi connectivity index (χ1n) is 5.73. The first-order valence-corrected chi connectivity index (χ1v) is 6.49. The van der Waals surface area contributed by atoms with Crippen molar-refractivity contribution in [1.82, 2.24) is 14.1 Å². The van der Waals surface area contributed by atoms with Crippen LogP contribution in [0.3, 0.4) is 0 Å². The van der Waals surface area contributed by atoms with Gasteiger partial charge in [0.25, 0.3) is 0 Å². The molecule has 0 aliphatic heterocycles. The first-order chi connectivity index (χ1) is 8.65. The van der Waals surface area contributed by atoms with E-state index in [4.69, 9.17) is 23.2 Å². The maximum Gasteiger partial charge on any atom is 0.328 e. The lowest BCUT2D eigenvalue weighted by molar-refractivity contribution is 0.655. The molecule has 0 N–H and O–H groups in total. The van der Waals surface area contributed by atoms with E-state index in [1.165, 1.54) is 0 Å². The number of imidazole rings is 1. The summed E-state index contributed by atoms with van der Waals surface area (Å²) in [5, 5.41) is 0.695. The Hall–Kier alpha value is -1.26. The van der Waals surface area contributed by atoms with Crippen LogP contribution in [0.4, 0.5) is 0 Å². The molecule has 0 bridgehead atoms. The average Bonchev–Trinajstić information content (AvgIpc) is 3.10. The molecule has 1 fully saturated rings. The van der Waals surface area contributed by atoms with Crippen molar-refractivity contribution in [3.05, 3.63) is 50.9 Å². The number of aromatic nitrogens is 3. The van der Waals surface area contributed by atoms with Gasteiger partial charge in [-0.15, -0.1) is 0 Å². The highest BCUT2D eigenvalue weighted by Crippen LogP contribution is 2.33. The van der Waals surface area contributed by atoms with Gasteiger partial charge in [0.2, 0.25) is 0 Å². The molecular formula is C12H11Cl2N3O. The zero-order valence-electron chi connectivity index (χ0n) is 9.51. The van der Waals surface area contributed by atoms with Gasteiger partial charge < -0.3 is 0 Å². The molecule has 2 aromatic heterocycles. The van der Waals surface area contributed by atoms with E-state index in [1.54, 1.807) is 27.5 Å². The standard InChI is InChI=1S/C12H11Cl2N3O/c13-10-4-1-8(11(14)15-10)7-16-5-6-17(12(16)18)9-2-3-9/h1,4-6,9H,2-3,7H2. The van der Waals surface area contributed by atoms with Gasteiger partial charge in [-0.05, 0) is 18.9 Å². The molecule has 1 saturated carbocycles. The van der Waals surface area contributed by atoms with Crippen LogP contribution < -0.4 is 5.69 Å². The Bertz CT molecular complexity index is 643. The monoisotopic (exact) mass is 283 g/mol. The van der Waals surface area contributed by atoms with Gasteiger partial charge in [0.1, 0.15) is 10.3 Å². The summed E-state index contributed by atoms with van der Waals surface area (Å²) in [6.45, 7) is 0.418. The summed E-state index contributed by atoms with van der Waals surface area (Å²) in [6, 6.07) is 3.85. The van der Waals surface area contributed by atoms with Crippen molar-refractivity contribution in [3.63, 3.8) is 0 Å². The molecular weight excluding hydrogens is 273 g/mol. The number of halogens is 2. The zero-order valence-corrected chi connectivity index (χ0v) is 11.0. The van der Waals surface area contributed by atoms with E-state index in [-0.39, 0.29) is 5.69 Å². The van der Waals surface area contributed by atoms with Crippen molar-refractivity contribution in [2.75, 3.05) is 0 Å². The second-order valence-electron chi connectivity index (χ2n) is 4.43. The largest absolute Gasteiger partial charge is 0.328 e. The van der Waals surface area contributed by atoms with Crippen molar-refractivity contribution in [1.29, 1.82) is 0 Å². The third-order valence-corrected chi connectivity index (χ3v) is 3.58. The highest BCUT2D eigenvalue weighted by atomic mass is 35.5. The molecule has 0 amide bonds. The summed E-state index contributed by atoms with van der Waals surface area (Å²) in [6.07, 6.45) is 5.79. The maximum atomic E-state index is 12.1. The summed E-state index contributed by atoms with van der Waals surface area (Å²) < 4.78 is 3.41. The van der Waals surface area contributed by atoms with Crippen molar-refractivity contribution in [2.45, 2.75) is 25.4 Å². The summed E-state index contributed by atoms with van der Waals surface area (Å²) in [5.74, 6) is 0. The predicted molar refractivity (Wildman–Crippen MR) is 70.3 cm³/mol. The first kappa shape index (κ1) is 11.8. The van der Waals surface area contributed by atoms with Crippen LogP contribution in [0.5, 0.6) is 0 Å². The smallest absolute Gasteiger partial charge is 0.296 e. The topological polar surface area (TPSA) is 39.8 Å². The normalized spacial score (nSPS) is 15.0. The highest BCUT2D eigenvalue weighted by molar-refractivity contribution is 6.32.